The van der Waals surface area contributed by atoms with Gasteiger partial charge in [-0.05, 0) is 78.8 Å². The summed E-state index contributed by atoms with van der Waals surface area (Å²) in [6, 6.07) is 0. The third kappa shape index (κ3) is 12.1. The van der Waals surface area contributed by atoms with E-state index in [1.54, 1.807) is 4.90 Å². The number of nitrogens with two attached hydrogens (primary N) is 2. The standard InChI is InChI=1S/C14H21ClN6O2.C12H22N2O2.C3H2Cl2N4.CH4/c1-13(2,3)23-12(22)20-6-7-21(14(8-20)4-5-14)11-17-10(16)9(15)18-19-11;1-11(2,3)16-10(15)8-14-7-6-13-12(9-14)4-5-12;4-1-2(6)7-3(5)9-8-1;/h4-8H2,1-3H3,(H2,16,17,19);13H,4-9H2,1-3H3;(H2,6,7,9);1H4. The normalized spacial score (nSPS) is 19.0. The first kappa shape index (κ1) is 40.4. The van der Waals surface area contributed by atoms with E-state index < -0.39 is 5.60 Å². The summed E-state index contributed by atoms with van der Waals surface area (Å²) in [6.07, 6.45) is 4.16. The Labute approximate surface area is 302 Å². The van der Waals surface area contributed by atoms with Crippen LogP contribution >= 0.6 is 34.8 Å². The molecule has 49 heavy (non-hydrogen) atoms. The van der Waals surface area contributed by atoms with Crippen molar-refractivity contribution in [3.63, 3.8) is 0 Å². The van der Waals surface area contributed by atoms with Gasteiger partial charge in [0.05, 0.1) is 12.1 Å². The van der Waals surface area contributed by atoms with Crippen molar-refractivity contribution < 1.29 is 19.1 Å². The highest BCUT2D eigenvalue weighted by atomic mass is 35.5. The Hall–Kier alpha value is -3.05. The molecule has 274 valence electrons. The van der Waals surface area contributed by atoms with Crippen LogP contribution in [0.1, 0.15) is 74.7 Å². The molecule has 4 fully saturated rings. The van der Waals surface area contributed by atoms with Crippen LogP contribution in [-0.4, -0.2) is 120 Å². The van der Waals surface area contributed by atoms with Gasteiger partial charge in [0.1, 0.15) is 11.2 Å². The summed E-state index contributed by atoms with van der Waals surface area (Å²) in [4.78, 5) is 37.7. The zero-order valence-electron chi connectivity index (χ0n) is 28.2. The molecule has 0 atom stereocenters. The van der Waals surface area contributed by atoms with E-state index in [-0.39, 0.29) is 57.9 Å². The maximum absolute atomic E-state index is 12.3. The summed E-state index contributed by atoms with van der Waals surface area (Å²) in [5.41, 5.74) is 10.2. The van der Waals surface area contributed by atoms with Crippen LogP contribution in [0.2, 0.25) is 15.6 Å². The smallest absolute Gasteiger partial charge is 0.410 e. The highest BCUT2D eigenvalue weighted by Gasteiger charge is 2.54. The molecule has 6 rings (SSSR count). The second-order valence-electron chi connectivity index (χ2n) is 14.3. The Balaban J connectivity index is 0.000000217. The Morgan fingerprint density at radius 1 is 0.816 bits per heavy atom. The monoisotopic (exact) mass is 746 g/mol. The first-order valence-electron chi connectivity index (χ1n) is 15.7. The fourth-order valence-corrected chi connectivity index (χ4v) is 5.59. The van der Waals surface area contributed by atoms with Crippen molar-refractivity contribution in [3.8, 4) is 0 Å². The number of nitrogens with zero attached hydrogens (tertiary/aromatic N) is 9. The average Bonchev–Trinajstić information content (AvgIpc) is 3.90. The third-order valence-electron chi connectivity index (χ3n) is 7.76. The highest BCUT2D eigenvalue weighted by molar-refractivity contribution is 6.32. The van der Waals surface area contributed by atoms with E-state index in [9.17, 15) is 9.59 Å². The van der Waals surface area contributed by atoms with Crippen molar-refractivity contribution in [2.45, 2.75) is 96.9 Å². The van der Waals surface area contributed by atoms with Crippen molar-refractivity contribution in [2.75, 3.05) is 62.2 Å². The second kappa shape index (κ2) is 15.9. The molecule has 0 aromatic carbocycles. The summed E-state index contributed by atoms with van der Waals surface area (Å²) in [5, 5.41) is 18.3. The Bertz CT molecular complexity index is 1460. The first-order valence-corrected chi connectivity index (χ1v) is 16.8. The number of halogens is 3. The predicted octanol–water partition coefficient (Wildman–Crippen LogP) is 3.86. The van der Waals surface area contributed by atoms with Crippen LogP contribution in [0.4, 0.5) is 22.4 Å². The van der Waals surface area contributed by atoms with Crippen molar-refractivity contribution in [2.24, 2.45) is 0 Å². The van der Waals surface area contributed by atoms with E-state index in [2.05, 4.69) is 45.5 Å². The Morgan fingerprint density at radius 2 is 1.41 bits per heavy atom. The van der Waals surface area contributed by atoms with E-state index >= 15 is 0 Å². The lowest BCUT2D eigenvalue weighted by Crippen LogP contribution is -2.57. The van der Waals surface area contributed by atoms with Gasteiger partial charge in [0.25, 0.3) is 0 Å². The highest BCUT2D eigenvalue weighted by Crippen LogP contribution is 2.46. The lowest BCUT2D eigenvalue weighted by Gasteiger charge is -2.42. The van der Waals surface area contributed by atoms with Gasteiger partial charge in [0.2, 0.25) is 11.2 Å². The maximum atomic E-state index is 12.3. The van der Waals surface area contributed by atoms with Gasteiger partial charge in [-0.2, -0.15) is 9.97 Å². The molecule has 1 amide bonds. The topological polar surface area (TPSA) is 204 Å². The van der Waals surface area contributed by atoms with Crippen molar-refractivity contribution in [1.82, 2.24) is 45.5 Å². The molecule has 2 spiro atoms. The number of nitrogens with one attached hydrogen (secondary N) is 1. The van der Waals surface area contributed by atoms with E-state index in [1.807, 2.05) is 41.5 Å². The second-order valence-corrected chi connectivity index (χ2v) is 15.4. The molecule has 16 nitrogen and oxygen atoms in total. The minimum Gasteiger partial charge on any atom is -0.459 e. The van der Waals surface area contributed by atoms with E-state index in [0.717, 1.165) is 32.5 Å². The third-order valence-corrected chi connectivity index (χ3v) is 8.45. The summed E-state index contributed by atoms with van der Waals surface area (Å²) >= 11 is 16.4. The average molecular weight is 748 g/mol. The van der Waals surface area contributed by atoms with Gasteiger partial charge in [-0.3, -0.25) is 9.69 Å². The van der Waals surface area contributed by atoms with Gasteiger partial charge in [0, 0.05) is 44.8 Å². The molecule has 2 aliphatic carbocycles. The molecule has 4 heterocycles. The molecule has 0 bridgehead atoms. The Morgan fingerprint density at radius 3 is 1.92 bits per heavy atom. The number of anilines is 3. The zero-order chi connectivity index (χ0) is 35.5. The largest absolute Gasteiger partial charge is 0.459 e. The SMILES string of the molecule is C.CC(C)(C)OC(=O)CN1CCNC2(CC2)C1.CC(C)(C)OC(=O)N1CCN(c2nnc(Cl)c(N)n2)C2(CC2)C1.Nc1nc(Cl)nnc1Cl. The fourth-order valence-electron chi connectivity index (χ4n) is 5.30. The summed E-state index contributed by atoms with van der Waals surface area (Å²) < 4.78 is 10.8. The van der Waals surface area contributed by atoms with Gasteiger partial charge in [-0.25, -0.2) is 4.79 Å². The number of hydrogen-bond acceptors (Lipinski definition) is 15. The minimum absolute atomic E-state index is 0. The van der Waals surface area contributed by atoms with Crippen LogP contribution in [0.5, 0.6) is 0 Å². The number of carbonyl (C=O) groups is 2. The molecule has 2 saturated heterocycles. The van der Waals surface area contributed by atoms with Gasteiger partial charge in [0.15, 0.2) is 21.9 Å². The molecule has 2 saturated carbocycles. The fraction of sp³-hybridized carbons (Fsp3) is 0.733. The molecule has 4 aliphatic rings. The van der Waals surface area contributed by atoms with E-state index in [0.29, 0.717) is 37.7 Å². The summed E-state index contributed by atoms with van der Waals surface area (Å²) in [5.74, 6) is 0.622. The molecule has 0 unspecified atom stereocenters. The summed E-state index contributed by atoms with van der Waals surface area (Å²) in [7, 11) is 0. The zero-order valence-corrected chi connectivity index (χ0v) is 30.5. The van der Waals surface area contributed by atoms with Crippen molar-refractivity contribution in [3.05, 3.63) is 15.6 Å². The van der Waals surface area contributed by atoms with Crippen LogP contribution in [0, 0.1) is 0 Å². The number of nitrogen functional groups attached to an aromatic ring is 2. The van der Waals surface area contributed by atoms with Gasteiger partial charge >= 0.3 is 12.1 Å². The lowest BCUT2D eigenvalue weighted by molar-refractivity contribution is -0.156. The number of rotatable bonds is 3. The maximum Gasteiger partial charge on any atom is 0.410 e. The molecule has 2 aromatic heterocycles. The number of esters is 1. The predicted molar refractivity (Wildman–Crippen MR) is 190 cm³/mol. The van der Waals surface area contributed by atoms with Crippen molar-refractivity contribution in [1.29, 1.82) is 0 Å². The minimum atomic E-state index is -0.497. The molecular weight excluding hydrogens is 699 g/mol. The number of hydrogen-bond donors (Lipinski definition) is 3. The van der Waals surface area contributed by atoms with Crippen LogP contribution in [0.25, 0.3) is 0 Å². The molecule has 2 aromatic rings. The number of carbonyl (C=O) groups excluding carboxylic acids is 2. The number of ether oxygens (including phenoxy) is 2. The van der Waals surface area contributed by atoms with Gasteiger partial charge in [-0.1, -0.05) is 30.6 Å². The van der Waals surface area contributed by atoms with Crippen LogP contribution < -0.4 is 21.7 Å². The molecule has 5 N–H and O–H groups in total. The van der Waals surface area contributed by atoms with Gasteiger partial charge in [-0.15, -0.1) is 20.4 Å². The van der Waals surface area contributed by atoms with Crippen LogP contribution in [-0.2, 0) is 14.3 Å². The summed E-state index contributed by atoms with van der Waals surface area (Å²) in [6.45, 7) is 16.4. The Kier molecular flexibility index (Phi) is 13.1. The number of piperazine rings is 2. The van der Waals surface area contributed by atoms with Gasteiger partial charge < -0.3 is 36.1 Å². The first-order chi connectivity index (χ1) is 22.3. The van der Waals surface area contributed by atoms with E-state index in [4.69, 9.17) is 55.7 Å². The molecular formula is C30H49Cl3N12O4. The quantitative estimate of drug-likeness (QED) is 0.382. The number of amides is 1. The number of aromatic nitrogens is 6. The molecule has 0 radical (unpaired) electrons. The van der Waals surface area contributed by atoms with Crippen LogP contribution in [0.3, 0.4) is 0 Å². The molecule has 19 heteroatoms. The lowest BCUT2D eigenvalue weighted by atomic mass is 10.1. The van der Waals surface area contributed by atoms with Crippen molar-refractivity contribution >= 4 is 64.4 Å². The van der Waals surface area contributed by atoms with E-state index in [1.165, 1.54) is 12.8 Å². The van der Waals surface area contributed by atoms with Crippen LogP contribution in [0.15, 0.2) is 0 Å². The molecule has 2 aliphatic heterocycles.